The number of rotatable bonds is 4. The molecule has 0 saturated heterocycles. The quantitative estimate of drug-likeness (QED) is 0.391. The Morgan fingerprint density at radius 2 is 1.54 bits per heavy atom. The summed E-state index contributed by atoms with van der Waals surface area (Å²) in [6.07, 6.45) is 1.77. The Bertz CT molecular complexity index is 1060. The van der Waals surface area contributed by atoms with Crippen LogP contribution in [0.1, 0.15) is 27.4 Å². The van der Waals surface area contributed by atoms with Gasteiger partial charge in [-0.15, -0.1) is 0 Å². The number of pyridine rings is 1. The lowest BCUT2D eigenvalue weighted by molar-refractivity contribution is 0.0974. The summed E-state index contributed by atoms with van der Waals surface area (Å²) in [5, 5.41) is 1.01. The smallest absolute Gasteiger partial charge is 0.174 e. The summed E-state index contributed by atoms with van der Waals surface area (Å²) in [5.41, 5.74) is 3.43. The molecule has 126 valence electrons. The number of Topliss-reactive ketones (excluding diaryl/α,β-unsaturated/α-hetero) is 1. The van der Waals surface area contributed by atoms with Crippen LogP contribution >= 0.6 is 15.9 Å². The number of aromatic nitrogens is 1. The fraction of sp³-hybridized carbons (Fsp3) is 0.0435. The highest BCUT2D eigenvalue weighted by Gasteiger charge is 2.26. The molecule has 1 atom stereocenters. The van der Waals surface area contributed by atoms with E-state index in [1.165, 1.54) is 0 Å². The van der Waals surface area contributed by atoms with Crippen molar-refractivity contribution in [2.75, 3.05) is 0 Å². The highest BCUT2D eigenvalue weighted by molar-refractivity contribution is 9.10. The van der Waals surface area contributed by atoms with Gasteiger partial charge in [-0.25, -0.2) is 0 Å². The summed E-state index contributed by atoms with van der Waals surface area (Å²) in [6, 6.07) is 27.3. The molecule has 0 aliphatic heterocycles. The molecule has 3 heteroatoms. The predicted octanol–water partition coefficient (Wildman–Crippen LogP) is 6.01. The molecular weight excluding hydrogens is 386 g/mol. The van der Waals surface area contributed by atoms with Crippen LogP contribution in [0.25, 0.3) is 10.9 Å². The summed E-state index contributed by atoms with van der Waals surface area (Å²) >= 11 is 3.59. The third-order valence-corrected chi connectivity index (χ3v) is 4.92. The monoisotopic (exact) mass is 401 g/mol. The van der Waals surface area contributed by atoms with E-state index in [0.717, 1.165) is 26.5 Å². The number of ketones is 1. The van der Waals surface area contributed by atoms with Crippen molar-refractivity contribution in [3.8, 4) is 0 Å². The first-order valence-corrected chi connectivity index (χ1v) is 9.22. The van der Waals surface area contributed by atoms with Crippen LogP contribution < -0.4 is 0 Å². The molecule has 1 heterocycles. The maximum absolute atomic E-state index is 13.5. The van der Waals surface area contributed by atoms with Crippen LogP contribution in [0.3, 0.4) is 0 Å². The zero-order chi connectivity index (χ0) is 17.9. The van der Waals surface area contributed by atoms with Crippen molar-refractivity contribution in [3.05, 3.63) is 112 Å². The van der Waals surface area contributed by atoms with Gasteiger partial charge in [0.15, 0.2) is 5.78 Å². The molecule has 1 aromatic heterocycles. The Morgan fingerprint density at radius 3 is 2.27 bits per heavy atom. The van der Waals surface area contributed by atoms with Crippen molar-refractivity contribution in [1.29, 1.82) is 0 Å². The van der Waals surface area contributed by atoms with E-state index in [2.05, 4.69) is 20.9 Å². The van der Waals surface area contributed by atoms with Gasteiger partial charge in [-0.2, -0.15) is 0 Å². The summed E-state index contributed by atoms with van der Waals surface area (Å²) in [4.78, 5) is 18.0. The fourth-order valence-electron chi connectivity index (χ4n) is 3.29. The number of nitrogens with zero attached hydrogens (tertiary/aromatic N) is 1. The van der Waals surface area contributed by atoms with Gasteiger partial charge in [0.2, 0.25) is 0 Å². The zero-order valence-corrected chi connectivity index (χ0v) is 15.6. The van der Waals surface area contributed by atoms with Gasteiger partial charge < -0.3 is 0 Å². The standard InChI is InChI=1S/C23H16BrNO/c24-19-14-18-12-7-13-25-22(18)20(15-19)21(16-8-3-1-4-9-16)23(26)17-10-5-2-6-11-17/h1-15,21H. The lowest BCUT2D eigenvalue weighted by atomic mass is 9.84. The lowest BCUT2D eigenvalue weighted by Crippen LogP contribution is -2.15. The molecule has 0 radical (unpaired) electrons. The third-order valence-electron chi connectivity index (χ3n) is 4.46. The molecule has 0 N–H and O–H groups in total. The van der Waals surface area contributed by atoms with E-state index in [9.17, 15) is 4.79 Å². The summed E-state index contributed by atoms with van der Waals surface area (Å²) in [6.45, 7) is 0. The van der Waals surface area contributed by atoms with Crippen molar-refractivity contribution in [3.63, 3.8) is 0 Å². The van der Waals surface area contributed by atoms with Crippen LogP contribution in [0.2, 0.25) is 0 Å². The van der Waals surface area contributed by atoms with E-state index in [1.807, 2.05) is 84.9 Å². The van der Waals surface area contributed by atoms with E-state index in [4.69, 9.17) is 0 Å². The van der Waals surface area contributed by atoms with E-state index in [0.29, 0.717) is 5.56 Å². The molecule has 4 aromatic rings. The normalized spacial score (nSPS) is 12.0. The minimum atomic E-state index is -0.409. The summed E-state index contributed by atoms with van der Waals surface area (Å²) < 4.78 is 0.940. The number of carbonyl (C=O) groups excluding carboxylic acids is 1. The van der Waals surface area contributed by atoms with Gasteiger partial charge in [0.1, 0.15) is 0 Å². The number of benzene rings is 3. The Morgan fingerprint density at radius 1 is 0.846 bits per heavy atom. The van der Waals surface area contributed by atoms with Gasteiger partial charge in [-0.3, -0.25) is 9.78 Å². The molecule has 4 rings (SSSR count). The predicted molar refractivity (Wildman–Crippen MR) is 109 cm³/mol. The Balaban J connectivity index is 1.97. The van der Waals surface area contributed by atoms with E-state index >= 15 is 0 Å². The van der Waals surface area contributed by atoms with Crippen LogP contribution in [0.5, 0.6) is 0 Å². The van der Waals surface area contributed by atoms with Crippen molar-refractivity contribution in [2.24, 2.45) is 0 Å². The van der Waals surface area contributed by atoms with E-state index in [-0.39, 0.29) is 5.78 Å². The van der Waals surface area contributed by atoms with Crippen LogP contribution in [0, 0.1) is 0 Å². The first-order chi connectivity index (χ1) is 12.7. The average Bonchev–Trinajstić information content (AvgIpc) is 2.69. The molecule has 0 amide bonds. The average molecular weight is 402 g/mol. The number of carbonyl (C=O) groups is 1. The number of halogens is 1. The highest BCUT2D eigenvalue weighted by Crippen LogP contribution is 2.34. The van der Waals surface area contributed by atoms with Crippen LogP contribution in [0.4, 0.5) is 0 Å². The second-order valence-corrected chi connectivity index (χ2v) is 7.06. The zero-order valence-electron chi connectivity index (χ0n) is 14.0. The van der Waals surface area contributed by atoms with Crippen LogP contribution in [-0.4, -0.2) is 10.8 Å². The Hall–Kier alpha value is -2.78. The minimum absolute atomic E-state index is 0.0712. The second kappa shape index (κ2) is 7.22. The van der Waals surface area contributed by atoms with Gasteiger partial charge in [0.25, 0.3) is 0 Å². The Kier molecular flexibility index (Phi) is 4.63. The second-order valence-electron chi connectivity index (χ2n) is 6.14. The van der Waals surface area contributed by atoms with E-state index < -0.39 is 5.92 Å². The molecule has 3 aromatic carbocycles. The molecular formula is C23H16BrNO. The van der Waals surface area contributed by atoms with Gasteiger partial charge in [-0.1, -0.05) is 82.7 Å². The molecule has 0 bridgehead atoms. The highest BCUT2D eigenvalue weighted by atomic mass is 79.9. The van der Waals surface area contributed by atoms with Crippen molar-refractivity contribution in [2.45, 2.75) is 5.92 Å². The molecule has 2 nitrogen and oxygen atoms in total. The van der Waals surface area contributed by atoms with E-state index in [1.54, 1.807) is 6.20 Å². The molecule has 26 heavy (non-hydrogen) atoms. The topological polar surface area (TPSA) is 30.0 Å². The summed E-state index contributed by atoms with van der Waals surface area (Å²) in [7, 11) is 0. The number of hydrogen-bond acceptors (Lipinski definition) is 2. The number of hydrogen-bond donors (Lipinski definition) is 0. The lowest BCUT2D eigenvalue weighted by Gasteiger charge is -2.19. The molecule has 0 spiro atoms. The largest absolute Gasteiger partial charge is 0.293 e. The molecule has 0 aliphatic rings. The van der Waals surface area contributed by atoms with Gasteiger partial charge in [0, 0.05) is 21.6 Å². The van der Waals surface area contributed by atoms with Gasteiger partial charge in [-0.05, 0) is 29.3 Å². The molecule has 1 unspecified atom stereocenters. The van der Waals surface area contributed by atoms with Crippen molar-refractivity contribution >= 4 is 32.6 Å². The van der Waals surface area contributed by atoms with Gasteiger partial charge in [0.05, 0.1) is 11.4 Å². The van der Waals surface area contributed by atoms with Gasteiger partial charge >= 0.3 is 0 Å². The maximum atomic E-state index is 13.5. The molecule has 0 saturated carbocycles. The van der Waals surface area contributed by atoms with Crippen LogP contribution in [-0.2, 0) is 0 Å². The first kappa shape index (κ1) is 16.7. The van der Waals surface area contributed by atoms with Crippen molar-refractivity contribution in [1.82, 2.24) is 4.98 Å². The molecule has 0 fully saturated rings. The first-order valence-electron chi connectivity index (χ1n) is 8.42. The molecule has 0 aliphatic carbocycles. The SMILES string of the molecule is O=C(c1ccccc1)C(c1ccccc1)c1cc(Br)cc2cccnc12. The number of fused-ring (bicyclic) bond motifs is 1. The summed E-state index contributed by atoms with van der Waals surface area (Å²) in [5.74, 6) is -0.338. The fourth-order valence-corrected chi connectivity index (χ4v) is 3.78. The van der Waals surface area contributed by atoms with Crippen LogP contribution in [0.15, 0.2) is 95.6 Å². The minimum Gasteiger partial charge on any atom is -0.293 e. The third kappa shape index (κ3) is 3.18. The Labute approximate surface area is 160 Å². The van der Waals surface area contributed by atoms with Crippen molar-refractivity contribution < 1.29 is 4.79 Å². The maximum Gasteiger partial charge on any atom is 0.174 e.